The third-order valence-corrected chi connectivity index (χ3v) is 1.20. The van der Waals surface area contributed by atoms with Gasteiger partial charge in [-0.2, -0.15) is 0 Å². The highest BCUT2D eigenvalue weighted by Crippen LogP contribution is 1.84. The first-order valence-electron chi connectivity index (χ1n) is 3.93. The van der Waals surface area contributed by atoms with E-state index in [9.17, 15) is 4.79 Å². The summed E-state index contributed by atoms with van der Waals surface area (Å²) in [5.74, 6) is 0.106. The van der Waals surface area contributed by atoms with Gasteiger partial charge in [0.25, 0.3) is 0 Å². The molecule has 0 unspecified atom stereocenters. The minimum absolute atomic E-state index is 0.106. The smallest absolute Gasteiger partial charge is 0.220 e. The summed E-state index contributed by atoms with van der Waals surface area (Å²) < 4.78 is 0. The van der Waals surface area contributed by atoms with Crippen LogP contribution in [0.4, 0.5) is 0 Å². The third-order valence-electron chi connectivity index (χ3n) is 1.20. The predicted octanol–water partition coefficient (Wildman–Crippen LogP) is 0.418. The number of amides is 1. The summed E-state index contributed by atoms with van der Waals surface area (Å²) in [6.45, 7) is 3.11. The van der Waals surface area contributed by atoms with Gasteiger partial charge in [0, 0.05) is 19.5 Å². The van der Waals surface area contributed by atoms with Crippen molar-refractivity contribution in [1.82, 2.24) is 5.32 Å². The van der Waals surface area contributed by atoms with Crippen LogP contribution in [-0.2, 0) is 4.79 Å². The molecule has 0 aliphatic heterocycles. The van der Waals surface area contributed by atoms with Crippen molar-refractivity contribution in [2.45, 2.75) is 19.8 Å². The maximum Gasteiger partial charge on any atom is 0.220 e. The zero-order valence-corrected chi connectivity index (χ0v) is 6.97. The molecule has 0 aliphatic rings. The molecule has 0 aromatic heterocycles. The van der Waals surface area contributed by atoms with E-state index in [1.54, 1.807) is 0 Å². The van der Waals surface area contributed by atoms with Gasteiger partial charge in [-0.05, 0) is 6.42 Å². The number of carbonyl (C=O) groups excluding carboxylic acids is 1. The zero-order chi connectivity index (χ0) is 8.53. The van der Waals surface area contributed by atoms with Gasteiger partial charge in [0.2, 0.25) is 5.91 Å². The van der Waals surface area contributed by atoms with Crippen LogP contribution in [0.15, 0.2) is 12.2 Å². The van der Waals surface area contributed by atoms with Crippen molar-refractivity contribution in [2.75, 3.05) is 13.1 Å². The van der Waals surface area contributed by atoms with E-state index in [-0.39, 0.29) is 5.91 Å². The molecule has 0 aromatic carbocycles. The lowest BCUT2D eigenvalue weighted by Gasteiger charge is -1.98. The maximum absolute atomic E-state index is 10.8. The number of nitrogens with one attached hydrogen (secondary N) is 1. The summed E-state index contributed by atoms with van der Waals surface area (Å²) in [5, 5.41) is 2.74. The lowest BCUT2D eigenvalue weighted by atomic mass is 10.3. The Labute approximate surface area is 67.7 Å². The average molecular weight is 156 g/mol. The first-order valence-corrected chi connectivity index (χ1v) is 3.93. The van der Waals surface area contributed by atoms with Gasteiger partial charge in [0.1, 0.15) is 0 Å². The molecular formula is C8H16N2O. The number of hydrogen-bond donors (Lipinski definition) is 2. The quantitative estimate of drug-likeness (QED) is 0.567. The molecule has 0 bridgehead atoms. The van der Waals surface area contributed by atoms with Crippen molar-refractivity contribution in [1.29, 1.82) is 0 Å². The highest BCUT2D eigenvalue weighted by Gasteiger charge is 1.93. The molecule has 0 spiro atoms. The van der Waals surface area contributed by atoms with Crippen LogP contribution in [0.1, 0.15) is 19.8 Å². The molecule has 3 nitrogen and oxygen atoms in total. The molecule has 3 heteroatoms. The Morgan fingerprint density at radius 1 is 1.55 bits per heavy atom. The molecule has 64 valence electrons. The van der Waals surface area contributed by atoms with Gasteiger partial charge < -0.3 is 11.1 Å². The van der Waals surface area contributed by atoms with Crippen LogP contribution in [-0.4, -0.2) is 19.0 Å². The first kappa shape index (κ1) is 10.2. The van der Waals surface area contributed by atoms with Crippen LogP contribution >= 0.6 is 0 Å². The Morgan fingerprint density at radius 2 is 2.27 bits per heavy atom. The van der Waals surface area contributed by atoms with Gasteiger partial charge in [0.15, 0.2) is 0 Å². The van der Waals surface area contributed by atoms with E-state index >= 15 is 0 Å². The van der Waals surface area contributed by atoms with Gasteiger partial charge in [0.05, 0.1) is 0 Å². The van der Waals surface area contributed by atoms with Crippen LogP contribution in [0.25, 0.3) is 0 Å². The Bertz CT molecular complexity index is 132. The standard InChI is InChI=1S/C8H16N2O/c1-2-5-8(11)10-7-4-3-6-9/h3-4H,2,5-7,9H2,1H3,(H,10,11)/b4-3+. The molecule has 0 atom stereocenters. The van der Waals surface area contributed by atoms with E-state index in [0.29, 0.717) is 19.5 Å². The topological polar surface area (TPSA) is 55.1 Å². The Balaban J connectivity index is 3.24. The zero-order valence-electron chi connectivity index (χ0n) is 6.97. The van der Waals surface area contributed by atoms with Crippen molar-refractivity contribution in [3.05, 3.63) is 12.2 Å². The van der Waals surface area contributed by atoms with E-state index in [2.05, 4.69) is 5.32 Å². The second-order valence-electron chi connectivity index (χ2n) is 2.26. The molecule has 0 fully saturated rings. The van der Waals surface area contributed by atoms with Crippen molar-refractivity contribution < 1.29 is 4.79 Å². The minimum atomic E-state index is 0.106. The van der Waals surface area contributed by atoms with E-state index in [0.717, 1.165) is 6.42 Å². The van der Waals surface area contributed by atoms with Crippen molar-refractivity contribution in [2.24, 2.45) is 5.73 Å². The van der Waals surface area contributed by atoms with Gasteiger partial charge in [-0.3, -0.25) is 4.79 Å². The van der Waals surface area contributed by atoms with Gasteiger partial charge >= 0.3 is 0 Å². The molecule has 3 N–H and O–H groups in total. The summed E-state index contributed by atoms with van der Waals surface area (Å²) in [5.41, 5.74) is 5.20. The lowest BCUT2D eigenvalue weighted by Crippen LogP contribution is -2.22. The summed E-state index contributed by atoms with van der Waals surface area (Å²) in [6.07, 6.45) is 5.18. The Morgan fingerprint density at radius 3 is 2.82 bits per heavy atom. The summed E-state index contributed by atoms with van der Waals surface area (Å²) in [6, 6.07) is 0. The fourth-order valence-electron chi connectivity index (χ4n) is 0.668. The third kappa shape index (κ3) is 7.06. The molecule has 0 aliphatic carbocycles. The highest BCUT2D eigenvalue weighted by molar-refractivity contribution is 5.75. The molecule has 11 heavy (non-hydrogen) atoms. The summed E-state index contributed by atoms with van der Waals surface area (Å²) in [7, 11) is 0. The predicted molar refractivity (Wildman–Crippen MR) is 46.1 cm³/mol. The van der Waals surface area contributed by atoms with Crippen molar-refractivity contribution >= 4 is 5.91 Å². The number of nitrogens with two attached hydrogens (primary N) is 1. The normalized spacial score (nSPS) is 10.4. The van der Waals surface area contributed by atoms with E-state index in [4.69, 9.17) is 5.73 Å². The lowest BCUT2D eigenvalue weighted by molar-refractivity contribution is -0.120. The SMILES string of the molecule is CCCC(=O)NC/C=C/CN. The molecule has 0 rings (SSSR count). The Kier molecular flexibility index (Phi) is 6.73. The second-order valence-corrected chi connectivity index (χ2v) is 2.26. The minimum Gasteiger partial charge on any atom is -0.353 e. The molecule has 0 heterocycles. The average Bonchev–Trinajstić information content (AvgIpc) is 1.99. The number of rotatable bonds is 5. The number of carbonyl (C=O) groups is 1. The van der Waals surface area contributed by atoms with Crippen LogP contribution in [0, 0.1) is 0 Å². The van der Waals surface area contributed by atoms with Gasteiger partial charge in [-0.15, -0.1) is 0 Å². The monoisotopic (exact) mass is 156 g/mol. The van der Waals surface area contributed by atoms with E-state index in [1.807, 2.05) is 19.1 Å². The Hall–Kier alpha value is -0.830. The fourth-order valence-corrected chi connectivity index (χ4v) is 0.668. The molecular weight excluding hydrogens is 140 g/mol. The molecule has 1 amide bonds. The maximum atomic E-state index is 10.8. The van der Waals surface area contributed by atoms with E-state index < -0.39 is 0 Å². The van der Waals surface area contributed by atoms with Crippen LogP contribution in [0.5, 0.6) is 0 Å². The highest BCUT2D eigenvalue weighted by atomic mass is 16.1. The summed E-state index contributed by atoms with van der Waals surface area (Å²) in [4.78, 5) is 10.8. The van der Waals surface area contributed by atoms with Crippen LogP contribution in [0.3, 0.4) is 0 Å². The molecule has 0 aromatic rings. The van der Waals surface area contributed by atoms with Crippen LogP contribution in [0.2, 0.25) is 0 Å². The molecule has 0 saturated heterocycles. The van der Waals surface area contributed by atoms with E-state index in [1.165, 1.54) is 0 Å². The summed E-state index contributed by atoms with van der Waals surface area (Å²) >= 11 is 0. The molecule has 0 saturated carbocycles. The second kappa shape index (κ2) is 7.28. The largest absolute Gasteiger partial charge is 0.353 e. The van der Waals surface area contributed by atoms with Gasteiger partial charge in [-0.25, -0.2) is 0 Å². The fraction of sp³-hybridized carbons (Fsp3) is 0.625. The van der Waals surface area contributed by atoms with Crippen LogP contribution < -0.4 is 11.1 Å². The van der Waals surface area contributed by atoms with Crippen molar-refractivity contribution in [3.8, 4) is 0 Å². The molecule has 0 radical (unpaired) electrons. The number of hydrogen-bond acceptors (Lipinski definition) is 2. The van der Waals surface area contributed by atoms with Crippen molar-refractivity contribution in [3.63, 3.8) is 0 Å². The van der Waals surface area contributed by atoms with Gasteiger partial charge in [-0.1, -0.05) is 19.1 Å². The first-order chi connectivity index (χ1) is 5.31.